The van der Waals surface area contributed by atoms with Gasteiger partial charge in [-0.1, -0.05) is 118 Å². The lowest BCUT2D eigenvalue weighted by Gasteiger charge is -2.45. The maximum atomic E-state index is 14.1. The van der Waals surface area contributed by atoms with Crippen LogP contribution in [-0.2, 0) is 66.4 Å². The van der Waals surface area contributed by atoms with Gasteiger partial charge in [0.1, 0.15) is 18.3 Å². The topological polar surface area (TPSA) is 108 Å². The summed E-state index contributed by atoms with van der Waals surface area (Å²) in [5.74, 6) is -0.597. The van der Waals surface area contributed by atoms with Crippen LogP contribution in [0.25, 0.3) is 0 Å². The minimum Gasteiger partial charge on any atom is -0.454 e. The van der Waals surface area contributed by atoms with Crippen LogP contribution in [0.3, 0.4) is 0 Å². The van der Waals surface area contributed by atoms with E-state index in [1.54, 1.807) is 0 Å². The maximum Gasteiger partial charge on any atom is 0.477 e. The molecule has 11 heteroatoms. The summed E-state index contributed by atoms with van der Waals surface area (Å²) in [4.78, 5) is 12.6. The monoisotopic (exact) mass is 684 g/mol. The van der Waals surface area contributed by atoms with Gasteiger partial charge in [-0.15, -0.1) is 0 Å². The lowest BCUT2D eigenvalue weighted by molar-refractivity contribution is -0.305. The van der Waals surface area contributed by atoms with Gasteiger partial charge in [-0.25, -0.2) is 4.57 Å². The molecule has 1 heterocycles. The van der Waals surface area contributed by atoms with Crippen LogP contribution in [0.4, 0.5) is 0 Å². The fourth-order valence-electron chi connectivity index (χ4n) is 5.07. The molecule has 4 rings (SSSR count). The van der Waals surface area contributed by atoms with Crippen LogP contribution in [0, 0.1) is 0 Å². The highest BCUT2D eigenvalue weighted by molar-refractivity contribution is 7.48. The van der Waals surface area contributed by atoms with E-state index in [0.29, 0.717) is 19.4 Å². The number of rotatable bonds is 21. The largest absolute Gasteiger partial charge is 0.477 e. The Morgan fingerprint density at radius 3 is 1.65 bits per heavy atom. The van der Waals surface area contributed by atoms with Crippen LogP contribution in [0.1, 0.15) is 63.1 Å². The van der Waals surface area contributed by atoms with E-state index in [1.165, 1.54) is 6.92 Å². The Morgan fingerprint density at radius 1 is 0.688 bits per heavy atom. The summed E-state index contributed by atoms with van der Waals surface area (Å²) in [6.07, 6.45) is -2.11. The second-order valence-electron chi connectivity index (χ2n) is 11.6. The highest BCUT2D eigenvalue weighted by atomic mass is 31.2. The van der Waals surface area contributed by atoms with Crippen molar-refractivity contribution >= 4 is 13.8 Å². The van der Waals surface area contributed by atoms with Crippen molar-refractivity contribution < 1.29 is 46.6 Å². The minimum absolute atomic E-state index is 0.0733. The highest BCUT2D eigenvalue weighted by Crippen LogP contribution is 2.52. The van der Waals surface area contributed by atoms with Crippen LogP contribution in [0.5, 0.6) is 0 Å². The predicted molar refractivity (Wildman–Crippen MR) is 181 cm³/mol. The number of benzene rings is 3. The quantitative estimate of drug-likeness (QED) is 0.0627. The van der Waals surface area contributed by atoms with Gasteiger partial charge in [-0.05, 0) is 29.5 Å². The molecule has 0 aliphatic carbocycles. The summed E-state index contributed by atoms with van der Waals surface area (Å²) in [7, 11) is -4.17. The normalized spacial score (nSPS) is 21.2. The average Bonchev–Trinajstić information content (AvgIpc) is 3.09. The number of ether oxygens (including phenoxy) is 5. The van der Waals surface area contributed by atoms with E-state index in [1.807, 2.05) is 105 Å². The first-order valence-corrected chi connectivity index (χ1v) is 18.2. The zero-order valence-corrected chi connectivity index (χ0v) is 29.0. The Hall–Kier alpha value is -2.92. The minimum atomic E-state index is -4.17. The molecule has 48 heavy (non-hydrogen) atoms. The summed E-state index contributed by atoms with van der Waals surface area (Å²) < 4.78 is 63.1. The Kier molecular flexibility index (Phi) is 16.2. The first kappa shape index (κ1) is 37.9. The first-order chi connectivity index (χ1) is 23.4. The van der Waals surface area contributed by atoms with Crippen LogP contribution in [0.15, 0.2) is 91.0 Å². The molecule has 1 aliphatic heterocycles. The lowest BCUT2D eigenvalue weighted by atomic mass is 9.98. The molecular formula is C37H49O10P. The average molecular weight is 685 g/mol. The fourth-order valence-corrected chi connectivity index (χ4v) is 6.40. The van der Waals surface area contributed by atoms with Gasteiger partial charge in [0.25, 0.3) is 0 Å². The van der Waals surface area contributed by atoms with Gasteiger partial charge >= 0.3 is 13.8 Å². The SMILES string of the molecule is CCCCOP(=O)(OCCCC)OC1O[C@H](COCc2ccccc2)[C@H](OCc2ccccc2)[C@H](OCc2ccccc2)[C@H]1OC(C)=O. The zero-order valence-electron chi connectivity index (χ0n) is 28.1. The molecule has 5 atom stereocenters. The number of phosphoric ester groups is 1. The number of unbranched alkanes of at least 4 members (excludes halogenated alkanes) is 2. The molecule has 1 fully saturated rings. The first-order valence-electron chi connectivity index (χ1n) is 16.7. The molecule has 0 amide bonds. The van der Waals surface area contributed by atoms with Gasteiger partial charge in [-0.2, -0.15) is 0 Å². The van der Waals surface area contributed by atoms with Gasteiger partial charge in [0, 0.05) is 6.92 Å². The molecule has 0 spiro atoms. The summed E-state index contributed by atoms with van der Waals surface area (Å²) in [5.41, 5.74) is 2.82. The number of carbonyl (C=O) groups is 1. The van der Waals surface area contributed by atoms with Gasteiger partial charge in [0.05, 0.1) is 39.6 Å². The molecule has 0 aromatic heterocycles. The Morgan fingerprint density at radius 2 is 1.17 bits per heavy atom. The Balaban J connectivity index is 1.67. The predicted octanol–water partition coefficient (Wildman–Crippen LogP) is 7.79. The summed E-state index contributed by atoms with van der Waals surface area (Å²) in [6, 6.07) is 29.1. The van der Waals surface area contributed by atoms with Gasteiger partial charge in [0.15, 0.2) is 6.10 Å². The second kappa shape index (κ2) is 20.6. The summed E-state index contributed by atoms with van der Waals surface area (Å²) in [6.45, 7) is 6.40. The van der Waals surface area contributed by atoms with E-state index in [4.69, 9.17) is 37.3 Å². The molecule has 0 bridgehead atoms. The number of phosphoric acid groups is 1. The van der Waals surface area contributed by atoms with E-state index in [-0.39, 0.29) is 33.0 Å². The molecule has 262 valence electrons. The molecule has 10 nitrogen and oxygen atoms in total. The number of hydrogen-bond acceptors (Lipinski definition) is 10. The fraction of sp³-hybridized carbons (Fsp3) is 0.486. The molecule has 0 saturated carbocycles. The second-order valence-corrected chi connectivity index (χ2v) is 13.2. The smallest absolute Gasteiger partial charge is 0.454 e. The van der Waals surface area contributed by atoms with Gasteiger partial charge < -0.3 is 23.7 Å². The van der Waals surface area contributed by atoms with Gasteiger partial charge in [0.2, 0.25) is 6.29 Å². The van der Waals surface area contributed by atoms with Crippen LogP contribution in [0.2, 0.25) is 0 Å². The van der Waals surface area contributed by atoms with E-state index in [2.05, 4.69) is 0 Å². The van der Waals surface area contributed by atoms with Crippen molar-refractivity contribution in [2.45, 2.75) is 97.0 Å². The van der Waals surface area contributed by atoms with Crippen molar-refractivity contribution in [2.75, 3.05) is 19.8 Å². The molecule has 1 aliphatic rings. The van der Waals surface area contributed by atoms with E-state index >= 15 is 0 Å². The van der Waals surface area contributed by atoms with Crippen molar-refractivity contribution in [3.63, 3.8) is 0 Å². The highest BCUT2D eigenvalue weighted by Gasteiger charge is 2.52. The molecule has 1 saturated heterocycles. The molecule has 3 aromatic rings. The maximum absolute atomic E-state index is 14.1. The number of hydrogen-bond donors (Lipinski definition) is 0. The Bertz CT molecular complexity index is 1350. The van der Waals surface area contributed by atoms with Crippen molar-refractivity contribution in [3.8, 4) is 0 Å². The van der Waals surface area contributed by atoms with E-state index < -0.39 is 44.5 Å². The molecular weight excluding hydrogens is 635 g/mol. The molecule has 1 unspecified atom stereocenters. The van der Waals surface area contributed by atoms with E-state index in [9.17, 15) is 9.36 Å². The standard InChI is InChI=1S/C37H49O10P/c1-4-6-23-43-48(39,44-24-7-5-2)47-37-36(45-29(3)38)35(42-27-32-21-15-10-16-22-32)34(41-26-31-19-13-9-14-20-31)33(46-37)28-40-25-30-17-11-8-12-18-30/h8-22,33-37H,4-7,23-28H2,1-3H3/t33-,34+,35+,36-,37?/m1/s1. The van der Waals surface area contributed by atoms with Gasteiger partial charge in [-0.3, -0.25) is 18.4 Å². The van der Waals surface area contributed by atoms with E-state index in [0.717, 1.165) is 29.5 Å². The lowest BCUT2D eigenvalue weighted by Crippen LogP contribution is -2.62. The number of esters is 1. The summed E-state index contributed by atoms with van der Waals surface area (Å²) in [5, 5.41) is 0. The third-order valence-electron chi connectivity index (χ3n) is 7.59. The summed E-state index contributed by atoms with van der Waals surface area (Å²) >= 11 is 0. The van der Waals surface area contributed by atoms with Crippen LogP contribution >= 0.6 is 7.82 Å². The van der Waals surface area contributed by atoms with Crippen LogP contribution in [-0.4, -0.2) is 56.5 Å². The third kappa shape index (κ3) is 12.5. The Labute approximate surface area is 284 Å². The third-order valence-corrected chi connectivity index (χ3v) is 9.05. The molecule has 0 radical (unpaired) electrons. The van der Waals surface area contributed by atoms with Crippen molar-refractivity contribution in [3.05, 3.63) is 108 Å². The molecule has 3 aromatic carbocycles. The number of carbonyl (C=O) groups excluding carboxylic acids is 1. The van der Waals surface area contributed by atoms with Crippen LogP contribution < -0.4 is 0 Å². The van der Waals surface area contributed by atoms with Crippen molar-refractivity contribution in [2.24, 2.45) is 0 Å². The zero-order chi connectivity index (χ0) is 34.0. The van der Waals surface area contributed by atoms with Crippen molar-refractivity contribution in [1.29, 1.82) is 0 Å². The molecule has 0 N–H and O–H groups in total. The van der Waals surface area contributed by atoms with Crippen molar-refractivity contribution in [1.82, 2.24) is 0 Å².